The zero-order valence-electron chi connectivity index (χ0n) is 43.6. The molecule has 67 heavy (non-hydrogen) atoms. The van der Waals surface area contributed by atoms with E-state index in [9.17, 15) is 14.4 Å². The van der Waals surface area contributed by atoms with Gasteiger partial charge in [0.2, 0.25) is 0 Å². The first kappa shape index (κ1) is 63.3. The van der Waals surface area contributed by atoms with Gasteiger partial charge < -0.3 is 14.2 Å². The maximum Gasteiger partial charge on any atom is 0.306 e. The number of carbonyl (C=O) groups excluding carboxylic acids is 3. The molecule has 0 heterocycles. The Kier molecular flexibility index (Phi) is 51.9. The van der Waals surface area contributed by atoms with E-state index in [4.69, 9.17) is 14.2 Å². The molecular weight excluding hydrogens is 829 g/mol. The fraction of sp³-hybridized carbons (Fsp3) is 0.689. The third kappa shape index (κ3) is 53.2. The molecule has 0 saturated heterocycles. The molecule has 0 aromatic rings. The first-order valence-corrected chi connectivity index (χ1v) is 27.8. The summed E-state index contributed by atoms with van der Waals surface area (Å²) in [6.07, 6.45) is 72.5. The number of allylic oxidation sites excluding steroid dienone is 16. The molecule has 0 aliphatic carbocycles. The number of rotatable bonds is 49. The number of carbonyl (C=O) groups is 3. The van der Waals surface area contributed by atoms with E-state index in [2.05, 4.69) is 118 Å². The van der Waals surface area contributed by atoms with Gasteiger partial charge in [-0.2, -0.15) is 0 Å². The van der Waals surface area contributed by atoms with Crippen LogP contribution in [0.3, 0.4) is 0 Å². The molecule has 0 spiro atoms. The second kappa shape index (κ2) is 54.9. The van der Waals surface area contributed by atoms with Gasteiger partial charge in [-0.3, -0.25) is 14.4 Å². The summed E-state index contributed by atoms with van der Waals surface area (Å²) in [6.45, 7) is 6.43. The van der Waals surface area contributed by atoms with E-state index in [1.807, 2.05) is 0 Å². The smallest absolute Gasteiger partial charge is 0.306 e. The number of hydrogen-bond donors (Lipinski definition) is 0. The van der Waals surface area contributed by atoms with E-state index in [0.717, 1.165) is 103 Å². The van der Waals surface area contributed by atoms with Gasteiger partial charge in [-0.05, 0) is 103 Å². The van der Waals surface area contributed by atoms with Crippen LogP contribution in [0.4, 0.5) is 0 Å². The Bertz CT molecular complexity index is 1350. The van der Waals surface area contributed by atoms with Gasteiger partial charge in [-0.15, -0.1) is 0 Å². The summed E-state index contributed by atoms with van der Waals surface area (Å²) in [6, 6.07) is 0. The molecule has 0 aromatic heterocycles. The van der Waals surface area contributed by atoms with Crippen LogP contribution in [-0.4, -0.2) is 37.2 Å². The van der Waals surface area contributed by atoms with Crippen molar-refractivity contribution < 1.29 is 28.6 Å². The van der Waals surface area contributed by atoms with Crippen LogP contribution in [0.25, 0.3) is 0 Å². The fourth-order valence-electron chi connectivity index (χ4n) is 7.45. The average Bonchev–Trinajstić information content (AvgIpc) is 3.33. The summed E-state index contributed by atoms with van der Waals surface area (Å²) in [4.78, 5) is 38.1. The lowest BCUT2D eigenvalue weighted by atomic mass is 10.1. The molecule has 0 fully saturated rings. The zero-order chi connectivity index (χ0) is 48.6. The topological polar surface area (TPSA) is 78.9 Å². The highest BCUT2D eigenvalue weighted by Crippen LogP contribution is 2.14. The van der Waals surface area contributed by atoms with Gasteiger partial charge in [-0.25, -0.2) is 0 Å². The van der Waals surface area contributed by atoms with E-state index >= 15 is 0 Å². The minimum absolute atomic E-state index is 0.101. The van der Waals surface area contributed by atoms with Crippen molar-refractivity contribution in [3.8, 4) is 0 Å². The maximum absolute atomic E-state index is 12.8. The van der Waals surface area contributed by atoms with Gasteiger partial charge in [0.1, 0.15) is 13.2 Å². The highest BCUT2D eigenvalue weighted by Gasteiger charge is 2.19. The Morgan fingerprint density at radius 3 is 1.10 bits per heavy atom. The lowest BCUT2D eigenvalue weighted by Gasteiger charge is -2.18. The van der Waals surface area contributed by atoms with Crippen LogP contribution in [0.1, 0.15) is 252 Å². The first-order valence-electron chi connectivity index (χ1n) is 27.8. The fourth-order valence-corrected chi connectivity index (χ4v) is 7.45. The van der Waals surface area contributed by atoms with E-state index in [1.54, 1.807) is 0 Å². The molecule has 0 bridgehead atoms. The molecular formula is C61H102O6. The lowest BCUT2D eigenvalue weighted by Crippen LogP contribution is -2.30. The monoisotopic (exact) mass is 931 g/mol. The SMILES string of the molecule is CC/C=C\C/C=C\C/C=C\CCCCC(=O)OCC(COC(=O)CCCCCCCCCCCC/C=C\C=C/CCCCC)OC(=O)CCCCCCC\C=C/C=C\C=C/CCCCCCC. The molecule has 0 amide bonds. The summed E-state index contributed by atoms with van der Waals surface area (Å²) in [7, 11) is 0. The summed E-state index contributed by atoms with van der Waals surface area (Å²) in [5.74, 6) is -0.965. The van der Waals surface area contributed by atoms with Crippen LogP contribution in [0.2, 0.25) is 0 Å². The molecule has 6 nitrogen and oxygen atoms in total. The Morgan fingerprint density at radius 2 is 0.642 bits per heavy atom. The average molecular weight is 931 g/mol. The Balaban J connectivity index is 4.44. The maximum atomic E-state index is 12.8. The Hall–Kier alpha value is -3.67. The molecule has 382 valence electrons. The van der Waals surface area contributed by atoms with E-state index in [-0.39, 0.29) is 31.1 Å². The largest absolute Gasteiger partial charge is 0.462 e. The minimum Gasteiger partial charge on any atom is -0.462 e. The van der Waals surface area contributed by atoms with Gasteiger partial charge >= 0.3 is 17.9 Å². The standard InChI is InChI=1S/C61H102O6/c1-4-7-10-13-16-19-22-25-27-29-31-33-34-36-39-42-45-48-51-54-60(63)66-57-58(56-65-59(62)53-50-47-44-41-38-24-21-18-15-12-9-6-3)67-61(64)55-52-49-46-43-40-37-35-32-30-28-26-23-20-17-14-11-8-5-2/h9,12,16,18-19,21-23,25-26,28,30,32,35,38,41,58H,4-8,10-11,13-15,17,20,24,27,29,31,33-34,36-37,39-40,42-57H2,1-3H3/b12-9-,19-16-,21-18-,25-22-,26-23-,30-28-,35-32-,41-38-. The van der Waals surface area contributed by atoms with Gasteiger partial charge in [0.25, 0.3) is 0 Å². The van der Waals surface area contributed by atoms with Crippen LogP contribution in [0, 0.1) is 0 Å². The van der Waals surface area contributed by atoms with Crippen molar-refractivity contribution in [1.29, 1.82) is 0 Å². The Labute approximate surface area is 413 Å². The molecule has 1 atom stereocenters. The Morgan fingerprint density at radius 1 is 0.328 bits per heavy atom. The summed E-state index contributed by atoms with van der Waals surface area (Å²) in [5.41, 5.74) is 0. The van der Waals surface area contributed by atoms with Crippen LogP contribution < -0.4 is 0 Å². The van der Waals surface area contributed by atoms with Crippen molar-refractivity contribution in [3.63, 3.8) is 0 Å². The first-order chi connectivity index (χ1) is 33.0. The number of unbranched alkanes of at least 4 members (excludes halogenated alkanes) is 25. The molecule has 0 aromatic carbocycles. The van der Waals surface area contributed by atoms with Crippen LogP contribution in [-0.2, 0) is 28.6 Å². The second-order valence-electron chi connectivity index (χ2n) is 18.2. The second-order valence-corrected chi connectivity index (χ2v) is 18.2. The van der Waals surface area contributed by atoms with Crippen molar-refractivity contribution in [2.45, 2.75) is 258 Å². The molecule has 0 radical (unpaired) electrons. The van der Waals surface area contributed by atoms with Crippen LogP contribution >= 0.6 is 0 Å². The zero-order valence-corrected chi connectivity index (χ0v) is 43.6. The molecule has 0 saturated carbocycles. The minimum atomic E-state index is -0.806. The van der Waals surface area contributed by atoms with Crippen molar-refractivity contribution in [3.05, 3.63) is 97.2 Å². The van der Waals surface area contributed by atoms with Crippen molar-refractivity contribution in [2.24, 2.45) is 0 Å². The summed E-state index contributed by atoms with van der Waals surface area (Å²) < 4.78 is 16.8. The van der Waals surface area contributed by atoms with Gasteiger partial charge in [0.05, 0.1) is 0 Å². The normalized spacial score (nSPS) is 12.8. The van der Waals surface area contributed by atoms with E-state index < -0.39 is 6.10 Å². The highest BCUT2D eigenvalue weighted by atomic mass is 16.6. The predicted molar refractivity (Wildman–Crippen MR) is 288 cm³/mol. The quantitative estimate of drug-likeness (QED) is 0.0199. The van der Waals surface area contributed by atoms with Crippen LogP contribution in [0.15, 0.2) is 97.2 Å². The number of ether oxygens (including phenoxy) is 3. The molecule has 6 heteroatoms. The van der Waals surface area contributed by atoms with Crippen molar-refractivity contribution >= 4 is 17.9 Å². The summed E-state index contributed by atoms with van der Waals surface area (Å²) in [5, 5.41) is 0. The number of esters is 3. The third-order valence-electron chi connectivity index (χ3n) is 11.6. The lowest BCUT2D eigenvalue weighted by molar-refractivity contribution is -0.167. The van der Waals surface area contributed by atoms with Gasteiger partial charge in [0, 0.05) is 19.3 Å². The van der Waals surface area contributed by atoms with Gasteiger partial charge in [0.15, 0.2) is 6.10 Å². The van der Waals surface area contributed by atoms with E-state index in [1.165, 1.54) is 109 Å². The molecule has 0 rings (SSSR count). The summed E-state index contributed by atoms with van der Waals surface area (Å²) >= 11 is 0. The highest BCUT2D eigenvalue weighted by molar-refractivity contribution is 5.71. The number of hydrogen-bond acceptors (Lipinski definition) is 6. The third-order valence-corrected chi connectivity index (χ3v) is 11.6. The predicted octanol–water partition coefficient (Wildman–Crippen LogP) is 18.5. The van der Waals surface area contributed by atoms with Crippen molar-refractivity contribution in [1.82, 2.24) is 0 Å². The molecule has 0 N–H and O–H groups in total. The van der Waals surface area contributed by atoms with Gasteiger partial charge in [-0.1, -0.05) is 227 Å². The molecule has 0 aliphatic rings. The molecule has 1 unspecified atom stereocenters. The van der Waals surface area contributed by atoms with E-state index in [0.29, 0.717) is 19.3 Å². The van der Waals surface area contributed by atoms with Crippen LogP contribution in [0.5, 0.6) is 0 Å². The van der Waals surface area contributed by atoms with Crippen molar-refractivity contribution in [2.75, 3.05) is 13.2 Å². The molecule has 0 aliphatic heterocycles.